The summed E-state index contributed by atoms with van der Waals surface area (Å²) in [5.41, 5.74) is 1.72. The molecule has 0 saturated carbocycles. The van der Waals surface area contributed by atoms with Gasteiger partial charge in [0.1, 0.15) is 0 Å². The Kier molecular flexibility index (Phi) is 37.8. The summed E-state index contributed by atoms with van der Waals surface area (Å²) in [6, 6.07) is 32.8. The second kappa shape index (κ2) is 51.1. The molecule has 0 radical (unpaired) electrons. The van der Waals surface area contributed by atoms with Gasteiger partial charge in [-0.1, -0.05) is 158 Å². The van der Waals surface area contributed by atoms with Gasteiger partial charge in [0.15, 0.2) is 0 Å². The highest BCUT2D eigenvalue weighted by atomic mass is 16.2. The van der Waals surface area contributed by atoms with Crippen molar-refractivity contribution in [2.24, 2.45) is 20.5 Å². The lowest BCUT2D eigenvalue weighted by Gasteiger charge is -2.38. The fourth-order valence-electron chi connectivity index (χ4n) is 9.21. The Bertz CT molecular complexity index is 5840. The number of benzene rings is 5. The summed E-state index contributed by atoms with van der Waals surface area (Å²) in [5, 5.41) is 33.7. The molecule has 1 aliphatic rings. The van der Waals surface area contributed by atoms with E-state index >= 15 is 0 Å². The third-order valence-corrected chi connectivity index (χ3v) is 13.9. The molecule has 105 heavy (non-hydrogen) atoms. The Morgan fingerprint density at radius 3 is 1.01 bits per heavy atom. The van der Waals surface area contributed by atoms with Crippen molar-refractivity contribution in [3.8, 4) is 285 Å². The predicted octanol–water partition coefficient (Wildman–Crippen LogP) is 13.5. The van der Waals surface area contributed by atoms with Crippen molar-refractivity contribution in [1.29, 1.82) is 0 Å². The quantitative estimate of drug-likeness (QED) is 0.0170. The fourth-order valence-corrected chi connectivity index (χ4v) is 9.21. The van der Waals surface area contributed by atoms with E-state index in [4.69, 9.17) is 16.7 Å². The molecule has 1 heterocycles. The van der Waals surface area contributed by atoms with Crippen LogP contribution in [0.5, 0.6) is 0 Å². The van der Waals surface area contributed by atoms with Gasteiger partial charge >= 0.3 is 0 Å². The van der Waals surface area contributed by atoms with E-state index in [9.17, 15) is 9.59 Å². The third kappa shape index (κ3) is 31.7. The maximum Gasteiger partial charge on any atom is 0.288 e. The maximum absolute atomic E-state index is 14.4. The van der Waals surface area contributed by atoms with E-state index in [1.807, 2.05) is 84.9 Å². The van der Waals surface area contributed by atoms with Gasteiger partial charge in [-0.2, -0.15) is 5.11 Å². The fraction of sp³-hybridized carbons (Fsp3) is 0.200. The zero-order valence-corrected chi connectivity index (χ0v) is 57.4. The maximum atomic E-state index is 14.4. The molecule has 1 aliphatic heterocycles. The minimum absolute atomic E-state index is 0.376. The Morgan fingerprint density at radius 1 is 0.324 bits per heavy atom. The molecule has 0 bridgehead atoms. The Labute approximate surface area is 618 Å². The molecule has 0 aromatic heterocycles. The van der Waals surface area contributed by atoms with E-state index < -0.39 is 17.5 Å². The first-order valence-corrected chi connectivity index (χ1v) is 33.1. The molecule has 1 atom stereocenters. The number of carbonyl (C=O) groups excluding carboxylic acids is 2. The monoisotopic (exact) mass is 1340 g/mol. The highest BCUT2D eigenvalue weighted by Crippen LogP contribution is 2.43. The molecule has 5 aromatic rings. The van der Waals surface area contributed by atoms with Crippen LogP contribution in [0.1, 0.15) is 110 Å². The lowest BCUT2D eigenvalue weighted by atomic mass is 9.97. The normalized spacial score (nSPS) is 9.98. The molecule has 10 nitrogen and oxygen atoms in total. The summed E-state index contributed by atoms with van der Waals surface area (Å²) in [5.74, 6) is 114. The van der Waals surface area contributed by atoms with E-state index in [0.29, 0.717) is 35.0 Å². The molecule has 490 valence electrons. The van der Waals surface area contributed by atoms with Crippen LogP contribution in [0.3, 0.4) is 0 Å². The van der Waals surface area contributed by atoms with Gasteiger partial charge in [0.05, 0.1) is 22.7 Å². The van der Waals surface area contributed by atoms with Gasteiger partial charge in [-0.25, -0.2) is 0 Å². The molecule has 4 N–H and O–H groups in total. The van der Waals surface area contributed by atoms with E-state index in [0.717, 1.165) is 52.9 Å². The van der Waals surface area contributed by atoms with E-state index in [2.05, 4.69) is 317 Å². The van der Waals surface area contributed by atoms with E-state index in [1.165, 1.54) is 77.0 Å². The number of anilines is 2. The second-order valence-electron chi connectivity index (χ2n) is 21.2. The largest absolute Gasteiger partial charge is 0.352 e. The third-order valence-electron chi connectivity index (χ3n) is 13.9. The lowest BCUT2D eigenvalue weighted by Crippen LogP contribution is -2.67. The van der Waals surface area contributed by atoms with Crippen LogP contribution in [0.4, 0.5) is 34.1 Å². The van der Waals surface area contributed by atoms with Crippen LogP contribution in [0.2, 0.25) is 0 Å². The summed E-state index contributed by atoms with van der Waals surface area (Å²) in [6.45, 7) is 2.63. The minimum Gasteiger partial charge on any atom is -0.352 e. The van der Waals surface area contributed by atoms with Crippen molar-refractivity contribution < 1.29 is 9.59 Å². The molecule has 10 heteroatoms. The highest BCUT2D eigenvalue weighted by Gasteiger charge is 2.49. The summed E-state index contributed by atoms with van der Waals surface area (Å²) in [4.78, 5) is 28.8. The Balaban J connectivity index is 0.973. The number of rotatable bonds is 23. The molecule has 0 saturated heterocycles. The summed E-state index contributed by atoms with van der Waals surface area (Å²) < 4.78 is 0. The van der Waals surface area contributed by atoms with Crippen LogP contribution in [0, 0.1) is 285 Å². The number of carbonyl (C=O) groups is 2. The number of fused-ring (bicyclic) bond motifs is 1. The van der Waals surface area contributed by atoms with Gasteiger partial charge in [-0.15, -0.1) is 21.8 Å². The van der Waals surface area contributed by atoms with Crippen LogP contribution in [0.25, 0.3) is 21.5 Å². The second-order valence-corrected chi connectivity index (χ2v) is 21.2. The van der Waals surface area contributed by atoms with Crippen molar-refractivity contribution in [3.05, 3.63) is 97.1 Å². The SMILES string of the molecule is C#CC#CC#CC#CC#CC#CC#CC#CC#CC#CC#CC#CC#CC#CC#CC#CC#CC#CC#CC#CC#CC#CC#CC#CNC(=O)C1(C(=O)NCCCCCCCCCCCCCCCCCC)Nc2cccc3c(/N=N/c4ccc(/N=N/c5ccccc5)c5ccccc45)ccc(c23)N1. The van der Waals surface area contributed by atoms with Crippen LogP contribution in [0.15, 0.2) is 118 Å². The zero-order valence-electron chi connectivity index (χ0n) is 57.4. The van der Waals surface area contributed by atoms with Crippen molar-refractivity contribution >= 4 is 67.5 Å². The van der Waals surface area contributed by atoms with Crippen LogP contribution in [-0.2, 0) is 9.59 Å². The van der Waals surface area contributed by atoms with Gasteiger partial charge < -0.3 is 16.0 Å². The molecule has 0 fully saturated rings. The topological polar surface area (TPSA) is 132 Å². The van der Waals surface area contributed by atoms with E-state index in [1.54, 1.807) is 12.1 Å². The average molecular weight is 1340 g/mol. The number of nitrogens with one attached hydrogen (secondary N) is 4. The molecular weight excluding hydrogens is 1290 g/mol. The Hall–Kier alpha value is -16.2. The number of terminal acetylenes is 1. The van der Waals surface area contributed by atoms with Crippen molar-refractivity contribution in [2.45, 2.75) is 115 Å². The Morgan fingerprint density at radius 2 is 0.629 bits per heavy atom. The number of azo groups is 2. The zero-order chi connectivity index (χ0) is 73.7. The predicted molar refractivity (Wildman–Crippen MR) is 421 cm³/mol. The first kappa shape index (κ1) is 77.8. The van der Waals surface area contributed by atoms with Gasteiger partial charge in [0.2, 0.25) is 0 Å². The number of nitrogens with zero attached hydrogens (tertiary/aromatic N) is 4. The molecule has 5 aromatic carbocycles. The van der Waals surface area contributed by atoms with Crippen molar-refractivity contribution in [3.63, 3.8) is 0 Å². The molecule has 6 rings (SSSR count). The standard InChI is InChI=1S/C95H58N8O2/c1-3-5-7-9-11-13-15-17-19-21-22-23-24-25-26-27-28-29-30-31-32-33-34-35-36-37-38-39-40-41-42-43-44-45-46-47-48-49-50-52-54-56-58-60-62-69-82-97-94(105)95(93(104)96-81-68-61-59-57-55-53-51-20-18-16-14-12-10-8-6-4-2)98-90-76-70-75-86-89(79-80-91(99-95)92(86)90)103-102-88-78-77-87(84-73-66-67-74-85(84)88)101-100-83-71-64-63-65-72-83/h1,63-67,70-80,98-99H,4,6,8,10,12,14,16,18,20,51,53,55,57,59,61,68,81H2,2H3,(H,96,104)(H,97,105)/b101-100+,103-102+. The van der Waals surface area contributed by atoms with Crippen LogP contribution < -0.4 is 21.3 Å². The highest BCUT2D eigenvalue weighted by molar-refractivity contribution is 6.21. The first-order chi connectivity index (χ1) is 52.0. The molecule has 0 spiro atoms. The molecule has 1 unspecified atom stereocenters. The number of amides is 2. The van der Waals surface area contributed by atoms with Gasteiger partial charge in [-0.3, -0.25) is 14.9 Å². The summed E-state index contributed by atoms with van der Waals surface area (Å²) >= 11 is 0. The van der Waals surface area contributed by atoms with Gasteiger partial charge in [-0.05, 0) is 96.2 Å². The number of hydrogen-bond donors (Lipinski definition) is 4. The lowest BCUT2D eigenvalue weighted by molar-refractivity contribution is -0.134. The van der Waals surface area contributed by atoms with Crippen LogP contribution in [-0.4, -0.2) is 24.0 Å². The van der Waals surface area contributed by atoms with Gasteiger partial charge in [0.25, 0.3) is 17.5 Å². The first-order valence-electron chi connectivity index (χ1n) is 33.1. The average Bonchev–Trinajstić information content (AvgIpc) is 0.737. The van der Waals surface area contributed by atoms with Crippen molar-refractivity contribution in [2.75, 3.05) is 17.2 Å². The van der Waals surface area contributed by atoms with Gasteiger partial charge in [0, 0.05) is 270 Å². The van der Waals surface area contributed by atoms with Crippen LogP contribution >= 0.6 is 0 Å². The number of hydrogen-bond acceptors (Lipinski definition) is 8. The number of unbranched alkanes of at least 4 members (excludes halogenated alkanes) is 15. The molecular formula is C95H58N8O2. The van der Waals surface area contributed by atoms with E-state index in [-0.39, 0.29) is 0 Å². The van der Waals surface area contributed by atoms with Crippen molar-refractivity contribution in [1.82, 2.24) is 10.6 Å². The molecule has 2 amide bonds. The minimum atomic E-state index is -2.00. The summed E-state index contributed by atoms with van der Waals surface area (Å²) in [6.07, 6.45) is 24.7. The summed E-state index contributed by atoms with van der Waals surface area (Å²) in [7, 11) is 0. The molecule has 0 aliphatic carbocycles. The smallest absolute Gasteiger partial charge is 0.288 e.